The van der Waals surface area contributed by atoms with E-state index in [0.29, 0.717) is 24.1 Å². The Labute approximate surface area is 194 Å². The summed E-state index contributed by atoms with van der Waals surface area (Å²) in [6.07, 6.45) is 1.30. The summed E-state index contributed by atoms with van der Waals surface area (Å²) in [5.41, 5.74) is 3.99. The van der Waals surface area contributed by atoms with Crippen LogP contribution in [0.1, 0.15) is 28.7 Å². The molecule has 1 aliphatic rings. The summed E-state index contributed by atoms with van der Waals surface area (Å²) in [6.45, 7) is 5.76. The van der Waals surface area contributed by atoms with Crippen LogP contribution in [0.25, 0.3) is 0 Å². The summed E-state index contributed by atoms with van der Waals surface area (Å²) >= 11 is 0. The Kier molecular flexibility index (Phi) is 5.96. The molecular formula is C24H25FN2O4S2. The minimum Gasteiger partial charge on any atom is -0.280 e. The monoisotopic (exact) mass is 488 g/mol. The number of anilines is 2. The van der Waals surface area contributed by atoms with Crippen molar-refractivity contribution in [3.63, 3.8) is 0 Å². The van der Waals surface area contributed by atoms with Gasteiger partial charge in [-0.2, -0.15) is 0 Å². The molecule has 1 N–H and O–H groups in total. The van der Waals surface area contributed by atoms with E-state index in [9.17, 15) is 21.2 Å². The number of fused-ring (bicyclic) bond motifs is 1. The van der Waals surface area contributed by atoms with Crippen molar-refractivity contribution in [2.45, 2.75) is 43.4 Å². The van der Waals surface area contributed by atoms with Crippen LogP contribution in [-0.2, 0) is 26.5 Å². The van der Waals surface area contributed by atoms with Crippen LogP contribution in [0.4, 0.5) is 15.8 Å². The second-order valence-corrected chi connectivity index (χ2v) is 11.8. The van der Waals surface area contributed by atoms with Gasteiger partial charge in [0.15, 0.2) is 0 Å². The maximum atomic E-state index is 13.3. The fourth-order valence-corrected chi connectivity index (χ4v) is 6.92. The summed E-state index contributed by atoms with van der Waals surface area (Å²) in [4.78, 5) is 0.160. The summed E-state index contributed by atoms with van der Waals surface area (Å²) < 4.78 is 69.9. The van der Waals surface area contributed by atoms with Crippen molar-refractivity contribution < 1.29 is 21.2 Å². The summed E-state index contributed by atoms with van der Waals surface area (Å²) in [5, 5.41) is 0. The molecule has 0 bridgehead atoms. The molecule has 0 saturated carbocycles. The summed E-state index contributed by atoms with van der Waals surface area (Å²) in [6, 6.07) is 13.1. The summed E-state index contributed by atoms with van der Waals surface area (Å²) in [7, 11) is -7.81. The lowest BCUT2D eigenvalue weighted by molar-refractivity contribution is 0.585. The zero-order chi connectivity index (χ0) is 24.0. The third kappa shape index (κ3) is 4.47. The van der Waals surface area contributed by atoms with E-state index in [1.165, 1.54) is 16.4 Å². The van der Waals surface area contributed by atoms with Gasteiger partial charge in [0.1, 0.15) is 5.82 Å². The lowest BCUT2D eigenvalue weighted by Gasteiger charge is -2.31. The topological polar surface area (TPSA) is 83.6 Å². The van der Waals surface area contributed by atoms with Gasteiger partial charge in [0.25, 0.3) is 20.0 Å². The number of hydrogen-bond donors (Lipinski definition) is 1. The molecule has 0 saturated heterocycles. The van der Waals surface area contributed by atoms with Crippen LogP contribution >= 0.6 is 0 Å². The van der Waals surface area contributed by atoms with Gasteiger partial charge < -0.3 is 0 Å². The quantitative estimate of drug-likeness (QED) is 0.565. The molecule has 3 aromatic carbocycles. The molecule has 0 aliphatic carbocycles. The maximum absolute atomic E-state index is 13.3. The molecule has 0 spiro atoms. The van der Waals surface area contributed by atoms with Crippen LogP contribution in [0.15, 0.2) is 64.4 Å². The molecule has 3 aromatic rings. The highest BCUT2D eigenvalue weighted by molar-refractivity contribution is 7.93. The van der Waals surface area contributed by atoms with Crippen molar-refractivity contribution in [2.75, 3.05) is 15.6 Å². The second-order valence-electron chi connectivity index (χ2n) is 8.29. The first-order chi connectivity index (χ1) is 15.5. The van der Waals surface area contributed by atoms with E-state index in [0.717, 1.165) is 28.8 Å². The zero-order valence-corrected chi connectivity index (χ0v) is 20.2. The number of benzene rings is 3. The van der Waals surface area contributed by atoms with Gasteiger partial charge in [0.2, 0.25) is 0 Å². The average Bonchev–Trinajstić information content (AvgIpc) is 2.75. The van der Waals surface area contributed by atoms with E-state index in [2.05, 4.69) is 4.72 Å². The lowest BCUT2D eigenvalue weighted by Crippen LogP contribution is -2.35. The summed E-state index contributed by atoms with van der Waals surface area (Å²) in [5.74, 6) is -0.522. The van der Waals surface area contributed by atoms with Gasteiger partial charge in [0, 0.05) is 6.54 Å². The smallest absolute Gasteiger partial charge is 0.264 e. The van der Waals surface area contributed by atoms with Crippen molar-refractivity contribution in [1.82, 2.24) is 0 Å². The number of sulfonamides is 2. The predicted octanol–water partition coefficient (Wildman–Crippen LogP) is 4.69. The molecule has 4 rings (SSSR count). The van der Waals surface area contributed by atoms with E-state index < -0.39 is 25.9 Å². The first kappa shape index (κ1) is 23.3. The van der Waals surface area contributed by atoms with Crippen LogP contribution in [0.5, 0.6) is 0 Å². The Bertz CT molecular complexity index is 1430. The Morgan fingerprint density at radius 1 is 0.848 bits per heavy atom. The van der Waals surface area contributed by atoms with Gasteiger partial charge in [-0.05, 0) is 98.3 Å². The van der Waals surface area contributed by atoms with E-state index in [1.54, 1.807) is 31.2 Å². The van der Waals surface area contributed by atoms with E-state index in [4.69, 9.17) is 0 Å². The van der Waals surface area contributed by atoms with Gasteiger partial charge in [-0.1, -0.05) is 12.1 Å². The van der Waals surface area contributed by atoms with Gasteiger partial charge in [0.05, 0.1) is 21.2 Å². The molecule has 174 valence electrons. The normalized spacial score (nSPS) is 14.1. The van der Waals surface area contributed by atoms with Crippen LogP contribution < -0.4 is 9.03 Å². The van der Waals surface area contributed by atoms with E-state index in [1.807, 2.05) is 19.9 Å². The SMILES string of the molecule is Cc1cc(C)c(S(=O)(=O)Nc2ccc3c(c2)N(S(=O)(=O)c2ccc(F)cc2)CCC3)cc1C. The number of halogens is 1. The molecule has 6 nitrogen and oxygen atoms in total. The first-order valence-corrected chi connectivity index (χ1v) is 13.4. The van der Waals surface area contributed by atoms with Crippen molar-refractivity contribution in [2.24, 2.45) is 0 Å². The minimum atomic E-state index is -3.93. The van der Waals surface area contributed by atoms with Gasteiger partial charge >= 0.3 is 0 Å². The molecule has 0 radical (unpaired) electrons. The molecule has 9 heteroatoms. The van der Waals surface area contributed by atoms with Gasteiger partial charge in [-0.3, -0.25) is 9.03 Å². The molecule has 33 heavy (non-hydrogen) atoms. The first-order valence-electron chi connectivity index (χ1n) is 10.5. The van der Waals surface area contributed by atoms with E-state index in [-0.39, 0.29) is 22.0 Å². The number of nitrogens with zero attached hydrogens (tertiary/aromatic N) is 1. The number of hydrogen-bond acceptors (Lipinski definition) is 4. The highest BCUT2D eigenvalue weighted by Crippen LogP contribution is 2.35. The van der Waals surface area contributed by atoms with E-state index >= 15 is 0 Å². The van der Waals surface area contributed by atoms with Crippen LogP contribution in [-0.4, -0.2) is 23.4 Å². The fourth-order valence-electron chi connectivity index (χ4n) is 4.02. The molecular weight excluding hydrogens is 463 g/mol. The highest BCUT2D eigenvalue weighted by atomic mass is 32.2. The molecule has 1 heterocycles. The molecule has 0 atom stereocenters. The van der Waals surface area contributed by atoms with Crippen molar-refractivity contribution in [1.29, 1.82) is 0 Å². The molecule has 0 unspecified atom stereocenters. The number of aryl methyl sites for hydroxylation is 4. The largest absolute Gasteiger partial charge is 0.280 e. The third-order valence-corrected chi connectivity index (χ3v) is 9.25. The predicted molar refractivity (Wildman–Crippen MR) is 127 cm³/mol. The molecule has 0 amide bonds. The fraction of sp³-hybridized carbons (Fsp3) is 0.250. The number of rotatable bonds is 5. The average molecular weight is 489 g/mol. The molecule has 0 aromatic heterocycles. The van der Waals surface area contributed by atoms with Crippen molar-refractivity contribution in [3.05, 3.63) is 82.7 Å². The number of nitrogens with one attached hydrogen (secondary N) is 1. The molecule has 0 fully saturated rings. The Morgan fingerprint density at radius 2 is 1.52 bits per heavy atom. The maximum Gasteiger partial charge on any atom is 0.264 e. The Morgan fingerprint density at radius 3 is 2.21 bits per heavy atom. The third-order valence-electron chi connectivity index (χ3n) is 5.90. The van der Waals surface area contributed by atoms with Crippen LogP contribution in [0.2, 0.25) is 0 Å². The van der Waals surface area contributed by atoms with Crippen molar-refractivity contribution in [3.8, 4) is 0 Å². The standard InChI is InChI=1S/C24H25FN2O4S2/c1-16-13-18(3)24(14-17(16)2)32(28,29)26-21-9-6-19-5-4-12-27(23(19)15-21)33(30,31)22-10-7-20(25)8-11-22/h6-11,13-15,26H,4-5,12H2,1-3H3. The zero-order valence-electron chi connectivity index (χ0n) is 18.6. The second kappa shape index (κ2) is 8.46. The van der Waals surface area contributed by atoms with Crippen LogP contribution in [0.3, 0.4) is 0 Å². The Balaban J connectivity index is 1.72. The highest BCUT2D eigenvalue weighted by Gasteiger charge is 2.30. The van der Waals surface area contributed by atoms with Gasteiger partial charge in [-0.15, -0.1) is 0 Å². The lowest BCUT2D eigenvalue weighted by atomic mass is 10.0. The Hall–Kier alpha value is -2.91. The van der Waals surface area contributed by atoms with Crippen molar-refractivity contribution >= 4 is 31.4 Å². The van der Waals surface area contributed by atoms with Crippen LogP contribution in [0, 0.1) is 26.6 Å². The van der Waals surface area contributed by atoms with Gasteiger partial charge in [-0.25, -0.2) is 21.2 Å². The molecule has 1 aliphatic heterocycles. The minimum absolute atomic E-state index is 0.0199.